The number of hydrogen-bond acceptors (Lipinski definition) is 6. The van der Waals surface area contributed by atoms with Crippen molar-refractivity contribution in [3.8, 4) is 5.95 Å². The van der Waals surface area contributed by atoms with E-state index in [0.29, 0.717) is 12.0 Å². The fourth-order valence-electron chi connectivity index (χ4n) is 1.61. The molecule has 1 heterocycles. The molecule has 0 aliphatic carbocycles. The van der Waals surface area contributed by atoms with Gasteiger partial charge in [0.05, 0.1) is 16.9 Å². The highest BCUT2D eigenvalue weighted by atomic mass is 35.5. The molecule has 8 heteroatoms. The normalized spacial score (nSPS) is 10.0. The van der Waals surface area contributed by atoms with Crippen LogP contribution < -0.4 is 10.4 Å². The Morgan fingerprint density at radius 2 is 1.95 bits per heavy atom. The number of hydrogen-bond donors (Lipinski definition) is 0. The number of ether oxygens (including phenoxy) is 2. The predicted molar refractivity (Wildman–Crippen MR) is 82.9 cm³/mol. The minimum absolute atomic E-state index is 0.0308. The Morgan fingerprint density at radius 3 is 2.55 bits per heavy atom. The van der Waals surface area contributed by atoms with Crippen molar-refractivity contribution >= 4 is 28.1 Å². The molecule has 1 aromatic carbocycles. The van der Waals surface area contributed by atoms with Crippen LogP contribution in [0.1, 0.15) is 13.8 Å². The molecular weight excluding hydrogens is 314 g/mol. The Bertz CT molecular complexity index is 712. The van der Waals surface area contributed by atoms with Gasteiger partial charge in [-0.3, -0.25) is 10.1 Å². The van der Waals surface area contributed by atoms with Crippen LogP contribution in [0.4, 0.5) is 5.69 Å². The molecule has 7 nitrogen and oxygen atoms in total. The molecule has 0 fully saturated rings. The zero-order chi connectivity index (χ0) is 16.7. The van der Waals surface area contributed by atoms with Gasteiger partial charge in [0.25, 0.3) is 5.69 Å². The quantitative estimate of drug-likeness (QED) is 0.474. The Hall–Kier alpha value is -2.12. The van der Waals surface area contributed by atoms with Crippen molar-refractivity contribution in [2.24, 2.45) is 0 Å². The molecule has 0 saturated carbocycles. The van der Waals surface area contributed by atoms with Crippen molar-refractivity contribution in [1.29, 1.82) is 0 Å². The van der Waals surface area contributed by atoms with Gasteiger partial charge in [0.1, 0.15) is 11.6 Å². The third kappa shape index (κ3) is 3.96. The molecule has 0 amide bonds. The Balaban J connectivity index is 0.00000116. The maximum Gasteiger partial charge on any atom is 0.346 e. The Kier molecular flexibility index (Phi) is 6.81. The molecule has 0 unspecified atom stereocenters. The van der Waals surface area contributed by atoms with Crippen LogP contribution in [0.3, 0.4) is 0 Å². The van der Waals surface area contributed by atoms with Gasteiger partial charge in [-0.05, 0) is 6.07 Å². The van der Waals surface area contributed by atoms with Crippen molar-refractivity contribution in [2.45, 2.75) is 13.8 Å². The zero-order valence-corrected chi connectivity index (χ0v) is 13.2. The van der Waals surface area contributed by atoms with Crippen LogP contribution >= 0.6 is 11.6 Å². The lowest BCUT2D eigenvalue weighted by molar-refractivity contribution is -0.384. The van der Waals surface area contributed by atoms with E-state index in [-0.39, 0.29) is 28.6 Å². The number of nitrogens with zero attached hydrogens (tertiary/aromatic N) is 1. The van der Waals surface area contributed by atoms with Crippen LogP contribution in [-0.2, 0) is 4.74 Å². The third-order valence-electron chi connectivity index (χ3n) is 2.56. The highest BCUT2D eigenvalue weighted by molar-refractivity contribution is 6.36. The van der Waals surface area contributed by atoms with E-state index in [1.54, 1.807) is 0 Å². The molecule has 0 bridgehead atoms. The van der Waals surface area contributed by atoms with Crippen LogP contribution in [0.2, 0.25) is 5.02 Å². The average molecular weight is 330 g/mol. The predicted octanol–water partition coefficient (Wildman–Crippen LogP) is 3.41. The topological polar surface area (TPSA) is 91.8 Å². The summed E-state index contributed by atoms with van der Waals surface area (Å²) >= 11 is 6.06. The summed E-state index contributed by atoms with van der Waals surface area (Å²) < 4.78 is 14.9. The summed E-state index contributed by atoms with van der Waals surface area (Å²) in [5.74, 6) is -0.130. The van der Waals surface area contributed by atoms with Crippen molar-refractivity contribution < 1.29 is 18.8 Å². The lowest BCUT2D eigenvalue weighted by Gasteiger charge is -2.07. The number of fused-ring (bicyclic) bond motifs is 1. The van der Waals surface area contributed by atoms with E-state index in [1.165, 1.54) is 19.2 Å². The summed E-state index contributed by atoms with van der Waals surface area (Å²) in [5, 5.41) is 11.1. The van der Waals surface area contributed by atoms with Gasteiger partial charge in [-0.1, -0.05) is 25.4 Å². The summed E-state index contributed by atoms with van der Waals surface area (Å²) in [6.07, 6.45) is 0. The molecule has 120 valence electrons. The molecule has 1 aromatic heterocycles. The summed E-state index contributed by atoms with van der Waals surface area (Å²) in [6, 6.07) is 3.76. The molecule has 0 aliphatic rings. The number of rotatable bonds is 5. The number of non-ortho nitro benzene ring substituents is 1. The van der Waals surface area contributed by atoms with Gasteiger partial charge in [-0.25, -0.2) is 4.79 Å². The number of methoxy groups -OCH3 is 1. The largest absolute Gasteiger partial charge is 0.462 e. The molecule has 0 radical (unpaired) electrons. The van der Waals surface area contributed by atoms with Crippen LogP contribution in [0.25, 0.3) is 10.8 Å². The lowest BCUT2D eigenvalue weighted by atomic mass is 10.1. The van der Waals surface area contributed by atoms with E-state index >= 15 is 0 Å². The average Bonchev–Trinajstić information content (AvgIpc) is 2.53. The first-order valence-corrected chi connectivity index (χ1v) is 6.95. The van der Waals surface area contributed by atoms with Crippen LogP contribution in [0, 0.1) is 10.1 Å². The van der Waals surface area contributed by atoms with E-state index in [2.05, 4.69) is 0 Å². The molecule has 2 rings (SSSR count). The minimum atomic E-state index is -0.750. The van der Waals surface area contributed by atoms with Gasteiger partial charge in [0.2, 0.25) is 0 Å². The molecule has 22 heavy (non-hydrogen) atoms. The number of nitro groups is 1. The molecule has 2 aromatic rings. The van der Waals surface area contributed by atoms with Crippen molar-refractivity contribution in [3.63, 3.8) is 0 Å². The second-order valence-electron chi connectivity index (χ2n) is 3.82. The number of nitro benzene ring substituents is 1. The zero-order valence-electron chi connectivity index (χ0n) is 12.4. The van der Waals surface area contributed by atoms with Crippen LogP contribution in [0.5, 0.6) is 5.95 Å². The van der Waals surface area contributed by atoms with E-state index in [4.69, 9.17) is 25.5 Å². The number of halogens is 1. The fraction of sp³-hybridized carbons (Fsp3) is 0.357. The summed E-state index contributed by atoms with van der Waals surface area (Å²) in [7, 11) is 1.50. The van der Waals surface area contributed by atoms with Crippen molar-refractivity contribution in [1.82, 2.24) is 0 Å². The maximum absolute atomic E-state index is 11.8. The SMILES string of the molecule is CC.COCCOc1oc(=O)c2cc([N+](=O)[O-])ccc2c1Cl. The highest BCUT2D eigenvalue weighted by Gasteiger charge is 2.16. The third-order valence-corrected chi connectivity index (χ3v) is 2.91. The first-order valence-electron chi connectivity index (χ1n) is 6.57. The molecule has 0 saturated heterocycles. The monoisotopic (exact) mass is 329 g/mol. The van der Waals surface area contributed by atoms with Gasteiger partial charge in [0, 0.05) is 24.6 Å². The maximum atomic E-state index is 11.8. The molecule has 0 N–H and O–H groups in total. The molecular formula is C14H16ClNO6. The summed E-state index contributed by atoms with van der Waals surface area (Å²) in [6.45, 7) is 4.47. The standard InChI is InChI=1S/C12H10ClNO6.C2H6/c1-18-4-5-19-12-10(13)8-3-2-7(14(16)17)6-9(8)11(15)20-12;1-2/h2-3,6H,4-5H2,1H3;1-2H3. The van der Waals surface area contributed by atoms with E-state index < -0.39 is 10.5 Å². The van der Waals surface area contributed by atoms with Crippen molar-refractivity contribution in [2.75, 3.05) is 20.3 Å². The van der Waals surface area contributed by atoms with E-state index in [0.717, 1.165) is 6.07 Å². The second kappa shape index (κ2) is 8.35. The fourth-order valence-corrected chi connectivity index (χ4v) is 1.87. The van der Waals surface area contributed by atoms with Gasteiger partial charge in [-0.15, -0.1) is 0 Å². The van der Waals surface area contributed by atoms with Crippen LogP contribution in [-0.4, -0.2) is 25.2 Å². The van der Waals surface area contributed by atoms with Gasteiger partial charge >= 0.3 is 11.6 Å². The van der Waals surface area contributed by atoms with Gasteiger partial charge in [0.15, 0.2) is 0 Å². The smallest absolute Gasteiger partial charge is 0.346 e. The van der Waals surface area contributed by atoms with E-state index in [1.807, 2.05) is 13.8 Å². The highest BCUT2D eigenvalue weighted by Crippen LogP contribution is 2.32. The minimum Gasteiger partial charge on any atom is -0.462 e. The molecule has 0 atom stereocenters. The van der Waals surface area contributed by atoms with Gasteiger partial charge in [-0.2, -0.15) is 0 Å². The molecule has 0 aliphatic heterocycles. The first kappa shape index (κ1) is 17.9. The summed E-state index contributed by atoms with van der Waals surface area (Å²) in [4.78, 5) is 21.9. The summed E-state index contributed by atoms with van der Waals surface area (Å²) in [5.41, 5.74) is -0.963. The Labute approximate surface area is 131 Å². The number of benzene rings is 1. The lowest BCUT2D eigenvalue weighted by Crippen LogP contribution is -2.08. The van der Waals surface area contributed by atoms with Crippen molar-refractivity contribution in [3.05, 3.63) is 43.8 Å². The molecule has 0 spiro atoms. The Morgan fingerprint density at radius 1 is 1.27 bits per heavy atom. The van der Waals surface area contributed by atoms with Gasteiger partial charge < -0.3 is 13.9 Å². The van der Waals surface area contributed by atoms with Crippen LogP contribution in [0.15, 0.2) is 27.4 Å². The second-order valence-corrected chi connectivity index (χ2v) is 4.20. The van der Waals surface area contributed by atoms with E-state index in [9.17, 15) is 14.9 Å². The first-order chi connectivity index (χ1) is 10.5.